The highest BCUT2D eigenvalue weighted by Crippen LogP contribution is 2.22. The molecule has 2 amide bonds. The summed E-state index contributed by atoms with van der Waals surface area (Å²) in [6, 6.07) is 32.5. The second kappa shape index (κ2) is 16.2. The van der Waals surface area contributed by atoms with Crippen LogP contribution >= 0.6 is 0 Å². The summed E-state index contributed by atoms with van der Waals surface area (Å²) in [6.45, 7) is 2.14. The van der Waals surface area contributed by atoms with Crippen molar-refractivity contribution in [2.24, 2.45) is 0 Å². The molecule has 0 aliphatic rings. The molecule has 4 aromatic carbocycles. The molecule has 3 atom stereocenters. The van der Waals surface area contributed by atoms with Gasteiger partial charge >= 0.3 is 0 Å². The van der Waals surface area contributed by atoms with E-state index >= 15 is 0 Å². The number of aliphatic hydroxyl groups excluding tert-OH is 1. The van der Waals surface area contributed by atoms with E-state index in [1.165, 1.54) is 25.2 Å². The van der Waals surface area contributed by atoms with Crippen LogP contribution in [0, 0.1) is 0 Å². The van der Waals surface area contributed by atoms with Gasteiger partial charge in [-0.2, -0.15) is 0 Å². The molecule has 0 unspecified atom stereocenters. The van der Waals surface area contributed by atoms with Gasteiger partial charge in [0.2, 0.25) is 10.0 Å². The molecule has 9 nitrogen and oxygen atoms in total. The third-order valence-electron chi connectivity index (χ3n) is 7.81. The zero-order valence-corrected chi connectivity index (χ0v) is 27.2. The maximum absolute atomic E-state index is 13.8. The number of benzene rings is 4. The van der Waals surface area contributed by atoms with Crippen LogP contribution in [0.15, 0.2) is 109 Å². The summed E-state index contributed by atoms with van der Waals surface area (Å²) in [5.41, 5.74) is 3.49. The van der Waals surface area contributed by atoms with Crippen molar-refractivity contribution in [3.8, 4) is 0 Å². The fraction of sp³-hybridized carbons (Fsp3) is 0.278. The molecule has 0 aliphatic carbocycles. The van der Waals surface area contributed by atoms with Crippen molar-refractivity contribution in [2.45, 2.75) is 37.9 Å². The van der Waals surface area contributed by atoms with Crippen molar-refractivity contribution in [3.63, 3.8) is 0 Å². The van der Waals surface area contributed by atoms with Gasteiger partial charge in [0.05, 0.1) is 24.6 Å². The van der Waals surface area contributed by atoms with Crippen LogP contribution in [-0.4, -0.2) is 63.9 Å². The number of nitrogens with zero attached hydrogens (tertiary/aromatic N) is 1. The molecule has 0 aliphatic heterocycles. The van der Waals surface area contributed by atoms with E-state index in [4.69, 9.17) is 0 Å². The smallest absolute Gasteiger partial charge is 0.251 e. The predicted molar refractivity (Wildman–Crippen MR) is 182 cm³/mol. The number of amides is 2. The quantitative estimate of drug-likeness (QED) is 0.155. The summed E-state index contributed by atoms with van der Waals surface area (Å²) < 4.78 is 25.9. The monoisotopic (exact) mass is 642 g/mol. The molecule has 0 fully saturated rings. The number of carbonyl (C=O) groups excluding carboxylic acids is 2. The average molecular weight is 643 g/mol. The summed E-state index contributed by atoms with van der Waals surface area (Å²) in [6.07, 6.45) is 2.18. The van der Waals surface area contributed by atoms with E-state index in [0.29, 0.717) is 19.4 Å². The maximum Gasteiger partial charge on any atom is 0.251 e. The lowest BCUT2D eigenvalue weighted by atomic mass is 10.0. The Bertz CT molecular complexity index is 1690. The first-order valence-corrected chi connectivity index (χ1v) is 17.1. The molecule has 0 saturated carbocycles. The number of hydrogen-bond acceptors (Lipinski definition) is 6. The van der Waals surface area contributed by atoms with Crippen LogP contribution in [-0.2, 0) is 22.9 Å². The average Bonchev–Trinajstić information content (AvgIpc) is 3.06. The van der Waals surface area contributed by atoms with Gasteiger partial charge in [-0.1, -0.05) is 91.0 Å². The highest BCUT2D eigenvalue weighted by atomic mass is 32.2. The lowest BCUT2D eigenvalue weighted by Crippen LogP contribution is -2.47. The Morgan fingerprint density at radius 2 is 1.22 bits per heavy atom. The Hall–Kier alpha value is -4.51. The molecule has 46 heavy (non-hydrogen) atoms. The lowest BCUT2D eigenvalue weighted by Gasteiger charge is -2.24. The van der Waals surface area contributed by atoms with Crippen molar-refractivity contribution >= 4 is 27.5 Å². The molecule has 0 aromatic heterocycles. The van der Waals surface area contributed by atoms with Crippen LogP contribution in [0.3, 0.4) is 0 Å². The Morgan fingerprint density at radius 3 is 1.72 bits per heavy atom. The lowest BCUT2D eigenvalue weighted by molar-refractivity contribution is 0.0934. The minimum absolute atomic E-state index is 0.0827. The zero-order chi connectivity index (χ0) is 33.1. The first kappa shape index (κ1) is 34.4. The van der Waals surface area contributed by atoms with Crippen LogP contribution in [0.2, 0.25) is 0 Å². The third kappa shape index (κ3) is 10.00. The number of carbonyl (C=O) groups is 2. The number of aliphatic hydroxyl groups is 1. The van der Waals surface area contributed by atoms with E-state index in [1.807, 2.05) is 97.9 Å². The van der Waals surface area contributed by atoms with Crippen molar-refractivity contribution < 1.29 is 23.1 Å². The SMILES string of the molecule is C[C@@H](NC(=O)c1cc(C(=O)N[C@H](CN[C@H](CO)Cc2ccccc2)Cc2ccccc2)cc(N(C)S(C)(=O)=O)c1)c1ccccc1. The van der Waals surface area contributed by atoms with Crippen LogP contribution in [0.4, 0.5) is 5.69 Å². The van der Waals surface area contributed by atoms with Gasteiger partial charge < -0.3 is 21.1 Å². The third-order valence-corrected chi connectivity index (χ3v) is 9.01. The summed E-state index contributed by atoms with van der Waals surface area (Å²) in [5, 5.41) is 19.5. The highest BCUT2D eigenvalue weighted by molar-refractivity contribution is 7.92. The van der Waals surface area contributed by atoms with Crippen LogP contribution < -0.4 is 20.3 Å². The van der Waals surface area contributed by atoms with E-state index in [1.54, 1.807) is 0 Å². The van der Waals surface area contributed by atoms with E-state index in [-0.39, 0.29) is 41.5 Å². The van der Waals surface area contributed by atoms with Crippen molar-refractivity contribution in [1.82, 2.24) is 16.0 Å². The molecule has 242 valence electrons. The van der Waals surface area contributed by atoms with Crippen molar-refractivity contribution in [3.05, 3.63) is 137 Å². The Balaban J connectivity index is 1.58. The van der Waals surface area contributed by atoms with E-state index in [2.05, 4.69) is 16.0 Å². The molecule has 0 radical (unpaired) electrons. The fourth-order valence-corrected chi connectivity index (χ4v) is 5.59. The number of hydrogen-bond donors (Lipinski definition) is 4. The van der Waals surface area contributed by atoms with Crippen molar-refractivity contribution in [2.75, 3.05) is 30.8 Å². The van der Waals surface area contributed by atoms with Crippen LogP contribution in [0.1, 0.15) is 50.4 Å². The summed E-state index contributed by atoms with van der Waals surface area (Å²) in [7, 11) is -2.30. The number of nitrogens with one attached hydrogen (secondary N) is 3. The van der Waals surface area contributed by atoms with Gasteiger partial charge in [-0.25, -0.2) is 8.42 Å². The van der Waals surface area contributed by atoms with Gasteiger partial charge in [-0.05, 0) is 54.7 Å². The largest absolute Gasteiger partial charge is 0.395 e. The van der Waals surface area contributed by atoms with Crippen LogP contribution in [0.5, 0.6) is 0 Å². The highest BCUT2D eigenvalue weighted by Gasteiger charge is 2.22. The molecular formula is C36H42N4O5S. The standard InChI is InChI=1S/C36H42N4O5S/c1-26(29-17-11-6-12-18-29)38-35(42)30-21-31(23-34(22-30)40(2)46(3,44)45)36(43)39-32(19-27-13-7-4-8-14-27)24-37-33(25-41)20-28-15-9-5-10-16-28/h4-18,21-23,26,32-33,37,41H,19-20,24-25H2,1-3H3,(H,38,42)(H,39,43)/t26-,32+,33+/m1/s1. The maximum atomic E-state index is 13.8. The second-order valence-corrected chi connectivity index (χ2v) is 13.5. The Morgan fingerprint density at radius 1 is 0.739 bits per heavy atom. The second-order valence-electron chi connectivity index (χ2n) is 11.4. The number of anilines is 1. The van der Waals surface area contributed by atoms with Gasteiger partial charge in [0.25, 0.3) is 11.8 Å². The first-order valence-electron chi connectivity index (χ1n) is 15.2. The fourth-order valence-electron chi connectivity index (χ4n) is 5.10. The van der Waals surface area contributed by atoms with Gasteiger partial charge in [-0.3, -0.25) is 13.9 Å². The van der Waals surface area contributed by atoms with Gasteiger partial charge in [0.15, 0.2) is 0 Å². The van der Waals surface area contributed by atoms with Gasteiger partial charge in [-0.15, -0.1) is 0 Å². The normalized spacial score (nSPS) is 13.3. The topological polar surface area (TPSA) is 128 Å². The van der Waals surface area contributed by atoms with Crippen LogP contribution in [0.25, 0.3) is 0 Å². The molecule has 0 bridgehead atoms. The minimum atomic E-state index is -3.68. The zero-order valence-electron chi connectivity index (χ0n) is 26.4. The molecule has 0 spiro atoms. The Kier molecular flexibility index (Phi) is 12.1. The summed E-state index contributed by atoms with van der Waals surface area (Å²) in [4.78, 5) is 27.2. The molecular weight excluding hydrogens is 600 g/mol. The first-order chi connectivity index (χ1) is 22.0. The number of sulfonamides is 1. The van der Waals surface area contributed by atoms with E-state index in [0.717, 1.165) is 27.3 Å². The van der Waals surface area contributed by atoms with Gasteiger partial charge in [0.1, 0.15) is 0 Å². The van der Waals surface area contributed by atoms with Gasteiger partial charge in [0, 0.05) is 36.8 Å². The predicted octanol–water partition coefficient (Wildman–Crippen LogP) is 4.11. The Labute approximate surface area is 271 Å². The summed E-state index contributed by atoms with van der Waals surface area (Å²) in [5.74, 6) is -0.899. The molecule has 0 saturated heterocycles. The molecule has 0 heterocycles. The molecule has 4 rings (SSSR count). The van der Waals surface area contributed by atoms with E-state index in [9.17, 15) is 23.1 Å². The molecule has 4 N–H and O–H groups in total. The number of rotatable bonds is 15. The molecule has 10 heteroatoms. The summed E-state index contributed by atoms with van der Waals surface area (Å²) >= 11 is 0. The van der Waals surface area contributed by atoms with Crippen molar-refractivity contribution in [1.29, 1.82) is 0 Å². The van der Waals surface area contributed by atoms with E-state index < -0.39 is 21.8 Å². The minimum Gasteiger partial charge on any atom is -0.395 e. The molecule has 4 aromatic rings.